The number of nitrogens with two attached hydrogens (primary N) is 1. The van der Waals surface area contributed by atoms with Gasteiger partial charge in [-0.3, -0.25) is 0 Å². The zero-order chi connectivity index (χ0) is 12.6. The molecule has 1 aliphatic rings. The minimum atomic E-state index is -0.833. The molecule has 1 aromatic heterocycles. The van der Waals surface area contributed by atoms with Gasteiger partial charge in [0.1, 0.15) is 0 Å². The molecule has 1 fully saturated rings. The van der Waals surface area contributed by atoms with Crippen molar-refractivity contribution in [3.8, 4) is 0 Å². The lowest BCUT2D eigenvalue weighted by Crippen LogP contribution is -2.46. The molecule has 4 nitrogen and oxygen atoms in total. The van der Waals surface area contributed by atoms with Gasteiger partial charge in [-0.1, -0.05) is 0 Å². The van der Waals surface area contributed by atoms with Crippen LogP contribution in [-0.4, -0.2) is 30.3 Å². The lowest BCUT2D eigenvalue weighted by Gasteiger charge is -2.36. The summed E-state index contributed by atoms with van der Waals surface area (Å²) in [4.78, 5) is 5.49. The van der Waals surface area contributed by atoms with Crippen molar-refractivity contribution in [2.75, 3.05) is 23.7 Å². The lowest BCUT2D eigenvalue weighted by atomic mass is 10.2. The normalized spacial score (nSPS) is 25.1. The van der Waals surface area contributed by atoms with Crippen molar-refractivity contribution in [2.45, 2.75) is 26.1 Å². The van der Waals surface area contributed by atoms with Crippen LogP contribution in [0.5, 0.6) is 0 Å². The van der Waals surface area contributed by atoms with E-state index in [0.29, 0.717) is 13.1 Å². The van der Waals surface area contributed by atoms with E-state index in [-0.39, 0.29) is 23.8 Å². The third-order valence-electron chi connectivity index (χ3n) is 2.66. The fourth-order valence-electron chi connectivity index (χ4n) is 2.04. The van der Waals surface area contributed by atoms with Crippen molar-refractivity contribution in [3.63, 3.8) is 0 Å². The molecule has 0 bridgehead atoms. The SMILES string of the molecule is CC1CN(c2nc(N)c(F)cc2F)CC(C)O1. The van der Waals surface area contributed by atoms with E-state index in [2.05, 4.69) is 4.98 Å². The highest BCUT2D eigenvalue weighted by Crippen LogP contribution is 2.23. The zero-order valence-electron chi connectivity index (χ0n) is 9.78. The predicted molar refractivity (Wildman–Crippen MR) is 60.8 cm³/mol. The van der Waals surface area contributed by atoms with Crippen molar-refractivity contribution in [1.82, 2.24) is 4.98 Å². The molecule has 0 spiro atoms. The molecule has 0 amide bonds. The Morgan fingerprint density at radius 1 is 1.29 bits per heavy atom. The molecule has 0 radical (unpaired) electrons. The van der Waals surface area contributed by atoms with E-state index in [1.807, 2.05) is 13.8 Å². The summed E-state index contributed by atoms with van der Waals surface area (Å²) >= 11 is 0. The van der Waals surface area contributed by atoms with Gasteiger partial charge in [0.25, 0.3) is 0 Å². The molecule has 2 atom stereocenters. The van der Waals surface area contributed by atoms with Crippen LogP contribution < -0.4 is 10.6 Å². The topological polar surface area (TPSA) is 51.4 Å². The first-order chi connectivity index (χ1) is 7.97. The van der Waals surface area contributed by atoms with E-state index in [0.717, 1.165) is 6.07 Å². The highest BCUT2D eigenvalue weighted by atomic mass is 19.1. The first-order valence-corrected chi connectivity index (χ1v) is 5.49. The highest BCUT2D eigenvalue weighted by Gasteiger charge is 2.26. The summed E-state index contributed by atoms with van der Waals surface area (Å²) in [5, 5.41) is 0. The molecule has 2 rings (SSSR count). The van der Waals surface area contributed by atoms with Crippen LogP contribution in [0.15, 0.2) is 6.07 Å². The molecular formula is C11H15F2N3O. The zero-order valence-corrected chi connectivity index (χ0v) is 9.78. The van der Waals surface area contributed by atoms with Gasteiger partial charge in [0.05, 0.1) is 12.2 Å². The maximum absolute atomic E-state index is 13.6. The molecular weight excluding hydrogens is 228 g/mol. The summed E-state index contributed by atoms with van der Waals surface area (Å²) in [5.74, 6) is -1.72. The first-order valence-electron chi connectivity index (χ1n) is 5.49. The number of ether oxygens (including phenoxy) is 1. The van der Waals surface area contributed by atoms with Gasteiger partial charge in [-0.25, -0.2) is 13.8 Å². The number of pyridine rings is 1. The maximum atomic E-state index is 13.6. The lowest BCUT2D eigenvalue weighted by molar-refractivity contribution is -0.00564. The van der Waals surface area contributed by atoms with E-state index in [1.54, 1.807) is 4.90 Å². The quantitative estimate of drug-likeness (QED) is 0.813. The van der Waals surface area contributed by atoms with Gasteiger partial charge in [0, 0.05) is 19.2 Å². The van der Waals surface area contributed by atoms with Gasteiger partial charge in [0.15, 0.2) is 23.3 Å². The van der Waals surface area contributed by atoms with Crippen LogP contribution in [0.2, 0.25) is 0 Å². The summed E-state index contributed by atoms with van der Waals surface area (Å²) in [5.41, 5.74) is 5.35. The van der Waals surface area contributed by atoms with Crippen molar-refractivity contribution in [2.24, 2.45) is 0 Å². The maximum Gasteiger partial charge on any atom is 0.168 e. The summed E-state index contributed by atoms with van der Waals surface area (Å²) in [6.45, 7) is 4.82. The smallest absolute Gasteiger partial charge is 0.168 e. The Hall–Kier alpha value is -1.43. The van der Waals surface area contributed by atoms with Gasteiger partial charge in [-0.05, 0) is 13.8 Å². The van der Waals surface area contributed by atoms with Gasteiger partial charge >= 0.3 is 0 Å². The Kier molecular flexibility index (Phi) is 3.15. The van der Waals surface area contributed by atoms with Gasteiger partial charge < -0.3 is 15.4 Å². The summed E-state index contributed by atoms with van der Waals surface area (Å²) < 4.78 is 32.2. The van der Waals surface area contributed by atoms with E-state index in [9.17, 15) is 8.78 Å². The van der Waals surface area contributed by atoms with Crippen LogP contribution in [-0.2, 0) is 4.74 Å². The second-order valence-electron chi connectivity index (χ2n) is 4.32. The average Bonchev–Trinajstić information content (AvgIpc) is 2.22. The Labute approximate surface area is 98.4 Å². The standard InChI is InChI=1S/C11H15F2N3O/c1-6-4-16(5-7(2)17-6)11-9(13)3-8(12)10(14)15-11/h3,6-7H,4-5H2,1-2H3,(H2,14,15). The largest absolute Gasteiger partial charge is 0.381 e. The molecule has 6 heteroatoms. The van der Waals surface area contributed by atoms with Crippen LogP contribution in [0.4, 0.5) is 20.4 Å². The fraction of sp³-hybridized carbons (Fsp3) is 0.545. The molecule has 0 aliphatic carbocycles. The minimum absolute atomic E-state index is 0.0220. The van der Waals surface area contributed by atoms with Crippen LogP contribution in [0.25, 0.3) is 0 Å². The molecule has 2 heterocycles. The van der Waals surface area contributed by atoms with E-state index < -0.39 is 11.6 Å². The second kappa shape index (κ2) is 4.44. The molecule has 0 aromatic carbocycles. The Balaban J connectivity index is 2.30. The summed E-state index contributed by atoms with van der Waals surface area (Å²) in [6.07, 6.45) is -0.0440. The Morgan fingerprint density at radius 3 is 2.47 bits per heavy atom. The summed E-state index contributed by atoms with van der Waals surface area (Å²) in [7, 11) is 0. The number of hydrogen-bond donors (Lipinski definition) is 1. The molecule has 1 aromatic rings. The fourth-order valence-corrected chi connectivity index (χ4v) is 2.04. The molecule has 0 saturated carbocycles. The van der Waals surface area contributed by atoms with Gasteiger partial charge in [-0.2, -0.15) is 0 Å². The number of nitrogen functional groups attached to an aromatic ring is 1. The third kappa shape index (κ3) is 2.46. The number of nitrogens with zero attached hydrogens (tertiary/aromatic N) is 2. The van der Waals surface area contributed by atoms with Gasteiger partial charge in [0.2, 0.25) is 0 Å². The number of morpholine rings is 1. The third-order valence-corrected chi connectivity index (χ3v) is 2.66. The van der Waals surface area contributed by atoms with E-state index >= 15 is 0 Å². The minimum Gasteiger partial charge on any atom is -0.381 e. The van der Waals surface area contributed by atoms with E-state index in [1.165, 1.54) is 0 Å². The number of halogens is 2. The van der Waals surface area contributed by atoms with Crippen LogP contribution in [0.1, 0.15) is 13.8 Å². The monoisotopic (exact) mass is 243 g/mol. The van der Waals surface area contributed by atoms with Crippen molar-refractivity contribution in [1.29, 1.82) is 0 Å². The molecule has 17 heavy (non-hydrogen) atoms. The number of anilines is 2. The van der Waals surface area contributed by atoms with Crippen LogP contribution in [0, 0.1) is 11.6 Å². The molecule has 1 saturated heterocycles. The number of rotatable bonds is 1. The first kappa shape index (κ1) is 12.0. The van der Waals surface area contributed by atoms with Crippen LogP contribution in [0.3, 0.4) is 0 Å². The number of aromatic nitrogens is 1. The molecule has 2 N–H and O–H groups in total. The Bertz CT molecular complexity index is 417. The molecule has 2 unspecified atom stereocenters. The molecule has 1 aliphatic heterocycles. The summed E-state index contributed by atoms with van der Waals surface area (Å²) in [6, 6.07) is 0.766. The molecule has 94 valence electrons. The highest BCUT2D eigenvalue weighted by molar-refractivity contribution is 5.47. The second-order valence-corrected chi connectivity index (χ2v) is 4.32. The Morgan fingerprint density at radius 2 is 1.88 bits per heavy atom. The average molecular weight is 243 g/mol. The predicted octanol–water partition coefficient (Wildman–Crippen LogP) is 1.56. The van der Waals surface area contributed by atoms with Gasteiger partial charge in [-0.15, -0.1) is 0 Å². The van der Waals surface area contributed by atoms with Crippen molar-refractivity contribution < 1.29 is 13.5 Å². The van der Waals surface area contributed by atoms with Crippen LogP contribution >= 0.6 is 0 Å². The van der Waals surface area contributed by atoms with E-state index in [4.69, 9.17) is 10.5 Å². The number of hydrogen-bond acceptors (Lipinski definition) is 4. The van der Waals surface area contributed by atoms with Crippen molar-refractivity contribution >= 4 is 11.6 Å². The van der Waals surface area contributed by atoms with Crippen molar-refractivity contribution in [3.05, 3.63) is 17.7 Å².